The molecule has 0 atom stereocenters. The number of hydrogen-bond acceptors (Lipinski definition) is 2. The van der Waals surface area contributed by atoms with E-state index in [1.165, 1.54) is 0 Å². The molecule has 5 radical (unpaired) electrons. The van der Waals surface area contributed by atoms with Crippen molar-refractivity contribution in [2.75, 3.05) is 6.61 Å². The van der Waals surface area contributed by atoms with E-state index in [1.807, 2.05) is 37.8 Å². The molecule has 0 saturated heterocycles. The Kier molecular flexibility index (Phi) is 4.41. The number of rotatable bonds is 2. The van der Waals surface area contributed by atoms with E-state index < -0.39 is 0 Å². The third kappa shape index (κ3) is 3.37. The minimum Gasteiger partial charge on any atom is -0.462 e. The molecule has 0 amide bonds. The van der Waals surface area contributed by atoms with Crippen LogP contribution in [0, 0.1) is 43.4 Å². The van der Waals surface area contributed by atoms with Crippen LogP contribution in [0.25, 0.3) is 0 Å². The molecule has 18 heavy (non-hydrogen) atoms. The van der Waals surface area contributed by atoms with Gasteiger partial charge < -0.3 is 4.74 Å². The Labute approximate surface area is 108 Å². The quantitative estimate of drug-likeness (QED) is 0.584. The average molecular weight is 237 g/mol. The molecule has 1 saturated carbocycles. The van der Waals surface area contributed by atoms with Gasteiger partial charge in [-0.1, -0.05) is 11.8 Å². The van der Waals surface area contributed by atoms with E-state index in [0.29, 0.717) is 12.2 Å². The molecule has 0 unspecified atom stereocenters. The summed E-state index contributed by atoms with van der Waals surface area (Å²) >= 11 is 0. The van der Waals surface area contributed by atoms with Crippen LogP contribution in [0.15, 0.2) is 24.3 Å². The first-order chi connectivity index (χ1) is 8.79. The number of carbonyl (C=O) groups is 1. The number of carbonyl (C=O) groups excluding carboxylic acids is 1. The van der Waals surface area contributed by atoms with Crippen molar-refractivity contribution in [3.8, 4) is 11.8 Å². The van der Waals surface area contributed by atoms with Gasteiger partial charge in [0.2, 0.25) is 0 Å². The van der Waals surface area contributed by atoms with Crippen molar-refractivity contribution < 1.29 is 9.53 Å². The number of hydrogen-bond donors (Lipinski definition) is 0. The Hall–Kier alpha value is -1.75. The molecular formula is C16H13O2. The standard InChI is InChI=1S/C16H13O2/c1-2-18-16(17)15-11-9-14(10-12-15)8-7-13-5-3-4-6-13/h3-6,9-12H,2H2,1H3. The Bertz CT molecular complexity index is 456. The number of esters is 1. The van der Waals surface area contributed by atoms with Crippen LogP contribution in [0.5, 0.6) is 0 Å². The van der Waals surface area contributed by atoms with Crippen molar-refractivity contribution in [1.82, 2.24) is 0 Å². The SMILES string of the molecule is CCOC(=O)c1ccc(C#C[C]2[CH][CH][CH][CH]2)cc1. The van der Waals surface area contributed by atoms with Gasteiger partial charge in [-0.3, -0.25) is 0 Å². The second-order valence-electron chi connectivity index (χ2n) is 3.72. The van der Waals surface area contributed by atoms with E-state index >= 15 is 0 Å². The van der Waals surface area contributed by atoms with Gasteiger partial charge in [-0.2, -0.15) is 0 Å². The molecule has 2 rings (SSSR count). The summed E-state index contributed by atoms with van der Waals surface area (Å²) in [5.74, 6) is 6.78. The van der Waals surface area contributed by atoms with E-state index in [-0.39, 0.29) is 5.97 Å². The van der Waals surface area contributed by atoms with Crippen LogP contribution in [0.1, 0.15) is 22.8 Å². The Morgan fingerprint density at radius 1 is 1.11 bits per heavy atom. The summed E-state index contributed by atoms with van der Waals surface area (Å²) in [4.78, 5) is 11.4. The first kappa shape index (κ1) is 12.7. The average Bonchev–Trinajstić information content (AvgIpc) is 2.90. The van der Waals surface area contributed by atoms with Gasteiger partial charge >= 0.3 is 5.97 Å². The van der Waals surface area contributed by atoms with Gasteiger partial charge in [0.1, 0.15) is 0 Å². The van der Waals surface area contributed by atoms with Crippen LogP contribution in [0.4, 0.5) is 0 Å². The minimum absolute atomic E-state index is 0.298. The highest BCUT2D eigenvalue weighted by atomic mass is 16.5. The molecule has 0 aliphatic heterocycles. The molecular weight excluding hydrogens is 224 g/mol. The molecule has 1 fully saturated rings. The lowest BCUT2D eigenvalue weighted by atomic mass is 10.1. The maximum atomic E-state index is 11.4. The molecule has 89 valence electrons. The van der Waals surface area contributed by atoms with Gasteiger partial charge in [0.05, 0.1) is 18.1 Å². The summed E-state index contributed by atoms with van der Waals surface area (Å²) in [6, 6.07) is 7.10. The largest absolute Gasteiger partial charge is 0.462 e. The predicted octanol–water partition coefficient (Wildman–Crippen LogP) is 2.62. The van der Waals surface area contributed by atoms with Gasteiger partial charge in [-0.25, -0.2) is 4.79 Å². The molecule has 0 N–H and O–H groups in total. The van der Waals surface area contributed by atoms with Crippen LogP contribution in [0.3, 0.4) is 0 Å². The second-order valence-corrected chi connectivity index (χ2v) is 3.72. The van der Waals surface area contributed by atoms with Gasteiger partial charge in [0, 0.05) is 5.56 Å². The number of benzene rings is 1. The highest BCUT2D eigenvalue weighted by Crippen LogP contribution is 2.21. The molecule has 1 aliphatic carbocycles. The fourth-order valence-electron chi connectivity index (χ4n) is 1.51. The van der Waals surface area contributed by atoms with Crippen molar-refractivity contribution in [3.05, 3.63) is 67.0 Å². The van der Waals surface area contributed by atoms with Crippen LogP contribution in [-0.4, -0.2) is 12.6 Å². The van der Waals surface area contributed by atoms with E-state index in [0.717, 1.165) is 11.5 Å². The molecule has 0 heterocycles. The molecule has 1 aromatic carbocycles. The molecule has 2 heteroatoms. The smallest absolute Gasteiger partial charge is 0.338 e. The molecule has 1 aliphatic rings. The van der Waals surface area contributed by atoms with Crippen molar-refractivity contribution in [3.63, 3.8) is 0 Å². The lowest BCUT2D eigenvalue weighted by Gasteiger charge is -2.01. The normalized spacial score (nSPS) is 14.9. The maximum absolute atomic E-state index is 11.4. The van der Waals surface area contributed by atoms with Crippen LogP contribution < -0.4 is 0 Å². The topological polar surface area (TPSA) is 26.3 Å². The Balaban J connectivity index is 2.00. The highest BCUT2D eigenvalue weighted by molar-refractivity contribution is 5.89. The summed E-state index contributed by atoms with van der Waals surface area (Å²) < 4.78 is 4.91. The van der Waals surface area contributed by atoms with Crippen molar-refractivity contribution >= 4 is 5.97 Å². The van der Waals surface area contributed by atoms with Gasteiger partial charge in [0.25, 0.3) is 0 Å². The van der Waals surface area contributed by atoms with Crippen molar-refractivity contribution in [2.45, 2.75) is 6.92 Å². The number of ether oxygens (including phenoxy) is 1. The van der Waals surface area contributed by atoms with E-state index in [9.17, 15) is 4.79 Å². The summed E-state index contributed by atoms with van der Waals surface area (Å²) in [5.41, 5.74) is 1.43. The van der Waals surface area contributed by atoms with Gasteiger partial charge in [-0.15, -0.1) is 0 Å². The second kappa shape index (κ2) is 6.26. The summed E-state index contributed by atoms with van der Waals surface area (Å²) in [5, 5.41) is 0. The van der Waals surface area contributed by atoms with E-state index in [1.54, 1.807) is 19.1 Å². The Morgan fingerprint density at radius 3 is 2.39 bits per heavy atom. The zero-order chi connectivity index (χ0) is 12.8. The van der Waals surface area contributed by atoms with Crippen LogP contribution in [0.2, 0.25) is 0 Å². The van der Waals surface area contributed by atoms with E-state index in [4.69, 9.17) is 4.74 Å². The van der Waals surface area contributed by atoms with E-state index in [2.05, 4.69) is 11.8 Å². The maximum Gasteiger partial charge on any atom is 0.338 e. The minimum atomic E-state index is -0.298. The van der Waals surface area contributed by atoms with Crippen LogP contribution in [-0.2, 0) is 4.74 Å². The molecule has 0 spiro atoms. The first-order valence-electron chi connectivity index (χ1n) is 5.80. The lowest BCUT2D eigenvalue weighted by Crippen LogP contribution is -2.04. The zero-order valence-electron chi connectivity index (χ0n) is 10.1. The Morgan fingerprint density at radius 2 is 1.78 bits per heavy atom. The predicted molar refractivity (Wildman–Crippen MR) is 69.7 cm³/mol. The third-order valence-electron chi connectivity index (χ3n) is 2.41. The first-order valence-corrected chi connectivity index (χ1v) is 5.80. The summed E-state index contributed by atoms with van der Waals surface area (Å²) in [6.07, 6.45) is 7.82. The fraction of sp³-hybridized carbons (Fsp3) is 0.125. The van der Waals surface area contributed by atoms with Crippen molar-refractivity contribution in [1.29, 1.82) is 0 Å². The summed E-state index contributed by atoms with van der Waals surface area (Å²) in [6.45, 7) is 2.18. The van der Waals surface area contributed by atoms with Gasteiger partial charge in [0.15, 0.2) is 0 Å². The molecule has 1 aromatic rings. The summed E-state index contributed by atoms with van der Waals surface area (Å²) in [7, 11) is 0. The third-order valence-corrected chi connectivity index (χ3v) is 2.41. The molecule has 0 aromatic heterocycles. The van der Waals surface area contributed by atoms with Gasteiger partial charge in [-0.05, 0) is 56.9 Å². The zero-order valence-corrected chi connectivity index (χ0v) is 10.1. The van der Waals surface area contributed by atoms with Crippen molar-refractivity contribution in [2.24, 2.45) is 0 Å². The monoisotopic (exact) mass is 237 g/mol. The molecule has 0 bridgehead atoms. The molecule has 2 nitrogen and oxygen atoms in total. The van der Waals surface area contributed by atoms with Crippen LogP contribution >= 0.6 is 0 Å². The fourth-order valence-corrected chi connectivity index (χ4v) is 1.51. The highest BCUT2D eigenvalue weighted by Gasteiger charge is 2.13. The lowest BCUT2D eigenvalue weighted by molar-refractivity contribution is 0.0526.